The van der Waals surface area contributed by atoms with Crippen LogP contribution in [0.2, 0.25) is 0 Å². The van der Waals surface area contributed by atoms with Gasteiger partial charge in [-0.25, -0.2) is 9.97 Å². The number of hydrogen-bond donors (Lipinski definition) is 1. The molecule has 0 bridgehead atoms. The van der Waals surface area contributed by atoms with Crippen LogP contribution in [-0.2, 0) is 0 Å². The second-order valence-electron chi connectivity index (χ2n) is 4.62. The molecule has 1 atom stereocenters. The van der Waals surface area contributed by atoms with E-state index < -0.39 is 6.04 Å². The van der Waals surface area contributed by atoms with Crippen LogP contribution in [0.5, 0.6) is 5.88 Å². The average Bonchev–Trinajstić information content (AvgIpc) is 2.25. The largest absolute Gasteiger partial charge is 0.479 e. The number of nitrogens with zero attached hydrogens (tertiary/aromatic N) is 2. The fourth-order valence-electron chi connectivity index (χ4n) is 1.18. The highest BCUT2D eigenvalue weighted by Crippen LogP contribution is 2.22. The predicted octanol–water partition coefficient (Wildman–Crippen LogP) is 1.04. The third kappa shape index (κ3) is 2.55. The topological polar surface area (TPSA) is 78.1 Å². The number of ketones is 1. The third-order valence-corrected chi connectivity index (χ3v) is 2.31. The molecule has 1 rings (SSSR count). The summed E-state index contributed by atoms with van der Waals surface area (Å²) in [7, 11) is 1.45. The Morgan fingerprint density at radius 1 is 1.38 bits per heavy atom. The lowest BCUT2D eigenvalue weighted by molar-refractivity contribution is 0.0892. The molecule has 0 amide bonds. The Labute approximate surface area is 95.0 Å². The molecule has 0 spiro atoms. The highest BCUT2D eigenvalue weighted by molar-refractivity contribution is 6.00. The SMILES string of the molecule is COc1nccnc1C(=O)C(N)C(C)(C)C. The minimum atomic E-state index is -0.627. The Morgan fingerprint density at radius 2 is 1.94 bits per heavy atom. The van der Waals surface area contributed by atoms with Gasteiger partial charge in [0.1, 0.15) is 0 Å². The fourth-order valence-corrected chi connectivity index (χ4v) is 1.18. The van der Waals surface area contributed by atoms with Crippen LogP contribution in [0.15, 0.2) is 12.4 Å². The molecule has 0 aliphatic rings. The summed E-state index contributed by atoms with van der Waals surface area (Å²) in [5.41, 5.74) is 5.74. The van der Waals surface area contributed by atoms with E-state index in [1.54, 1.807) is 0 Å². The number of hydrogen-bond acceptors (Lipinski definition) is 5. The van der Waals surface area contributed by atoms with Crippen LogP contribution in [0.3, 0.4) is 0 Å². The van der Waals surface area contributed by atoms with Crippen molar-refractivity contribution in [3.8, 4) is 5.88 Å². The first-order valence-electron chi connectivity index (χ1n) is 5.02. The molecule has 1 unspecified atom stereocenters. The minimum absolute atomic E-state index is 0.187. The van der Waals surface area contributed by atoms with Crippen LogP contribution in [0, 0.1) is 5.41 Å². The van der Waals surface area contributed by atoms with Gasteiger partial charge in [-0.15, -0.1) is 0 Å². The molecule has 0 aromatic carbocycles. The smallest absolute Gasteiger partial charge is 0.243 e. The zero-order chi connectivity index (χ0) is 12.3. The molecule has 0 aliphatic heterocycles. The van der Waals surface area contributed by atoms with Gasteiger partial charge < -0.3 is 10.5 Å². The molecule has 0 saturated carbocycles. The Bertz CT molecular complexity index is 385. The fraction of sp³-hybridized carbons (Fsp3) is 0.545. The van der Waals surface area contributed by atoms with Crippen LogP contribution >= 0.6 is 0 Å². The summed E-state index contributed by atoms with van der Waals surface area (Å²) >= 11 is 0. The van der Waals surface area contributed by atoms with Gasteiger partial charge >= 0.3 is 0 Å². The van der Waals surface area contributed by atoms with Gasteiger partial charge in [0.25, 0.3) is 0 Å². The highest BCUT2D eigenvalue weighted by Gasteiger charge is 2.31. The molecule has 1 aromatic heterocycles. The van der Waals surface area contributed by atoms with Gasteiger partial charge in [-0.3, -0.25) is 4.79 Å². The van der Waals surface area contributed by atoms with E-state index in [2.05, 4.69) is 9.97 Å². The normalized spacial score (nSPS) is 13.3. The van der Waals surface area contributed by atoms with Gasteiger partial charge in [0.15, 0.2) is 5.69 Å². The van der Waals surface area contributed by atoms with E-state index in [-0.39, 0.29) is 22.8 Å². The lowest BCUT2D eigenvalue weighted by atomic mass is 9.84. The van der Waals surface area contributed by atoms with Crippen LogP contribution in [0.1, 0.15) is 31.3 Å². The molecule has 2 N–H and O–H groups in total. The summed E-state index contributed by atoms with van der Waals surface area (Å²) in [6.45, 7) is 5.70. The van der Waals surface area contributed by atoms with E-state index in [1.165, 1.54) is 19.5 Å². The Kier molecular flexibility index (Phi) is 3.59. The van der Waals surface area contributed by atoms with Crippen LogP contribution in [0.4, 0.5) is 0 Å². The van der Waals surface area contributed by atoms with Crippen molar-refractivity contribution in [1.82, 2.24) is 9.97 Å². The first kappa shape index (κ1) is 12.6. The number of nitrogens with two attached hydrogens (primary N) is 1. The number of rotatable bonds is 3. The maximum absolute atomic E-state index is 12.1. The summed E-state index contributed by atoms with van der Waals surface area (Å²) in [5.74, 6) is -0.0374. The highest BCUT2D eigenvalue weighted by atomic mass is 16.5. The number of aromatic nitrogens is 2. The summed E-state index contributed by atoms with van der Waals surface area (Å²) in [4.78, 5) is 20.0. The Balaban J connectivity index is 3.05. The van der Waals surface area contributed by atoms with Gasteiger partial charge in [0.05, 0.1) is 13.2 Å². The maximum atomic E-state index is 12.1. The molecule has 88 valence electrons. The summed E-state index contributed by atoms with van der Waals surface area (Å²) in [6.07, 6.45) is 2.92. The summed E-state index contributed by atoms with van der Waals surface area (Å²) < 4.78 is 4.98. The molecule has 0 saturated heterocycles. The zero-order valence-electron chi connectivity index (χ0n) is 10.0. The molecular formula is C11H17N3O2. The van der Waals surface area contributed by atoms with E-state index in [9.17, 15) is 4.79 Å². The molecule has 1 aromatic rings. The van der Waals surface area contributed by atoms with E-state index in [4.69, 9.17) is 10.5 Å². The third-order valence-electron chi connectivity index (χ3n) is 2.31. The second-order valence-corrected chi connectivity index (χ2v) is 4.62. The molecule has 16 heavy (non-hydrogen) atoms. The lowest BCUT2D eigenvalue weighted by Gasteiger charge is -2.25. The number of methoxy groups -OCH3 is 1. The minimum Gasteiger partial charge on any atom is -0.479 e. The van der Waals surface area contributed by atoms with Gasteiger partial charge in [-0.05, 0) is 5.41 Å². The molecule has 0 radical (unpaired) electrons. The first-order valence-corrected chi connectivity index (χ1v) is 5.02. The van der Waals surface area contributed by atoms with E-state index in [0.29, 0.717) is 0 Å². The lowest BCUT2D eigenvalue weighted by Crippen LogP contribution is -2.42. The van der Waals surface area contributed by atoms with Crippen molar-refractivity contribution < 1.29 is 9.53 Å². The van der Waals surface area contributed by atoms with Crippen molar-refractivity contribution in [1.29, 1.82) is 0 Å². The molecule has 0 aliphatic carbocycles. The quantitative estimate of drug-likeness (QED) is 0.775. The molecule has 5 nitrogen and oxygen atoms in total. The summed E-state index contributed by atoms with van der Waals surface area (Å²) in [5, 5.41) is 0. The van der Waals surface area contributed by atoms with Crippen molar-refractivity contribution in [2.24, 2.45) is 11.1 Å². The van der Waals surface area contributed by atoms with Crippen LogP contribution in [0.25, 0.3) is 0 Å². The van der Waals surface area contributed by atoms with Crippen molar-refractivity contribution in [2.75, 3.05) is 7.11 Å². The molecule has 5 heteroatoms. The van der Waals surface area contributed by atoms with E-state index in [0.717, 1.165) is 0 Å². The van der Waals surface area contributed by atoms with Crippen molar-refractivity contribution in [3.63, 3.8) is 0 Å². The Morgan fingerprint density at radius 3 is 2.44 bits per heavy atom. The van der Waals surface area contributed by atoms with Gasteiger partial charge in [0.2, 0.25) is 11.7 Å². The average molecular weight is 223 g/mol. The van der Waals surface area contributed by atoms with Crippen molar-refractivity contribution in [2.45, 2.75) is 26.8 Å². The monoisotopic (exact) mass is 223 g/mol. The molecule has 0 fully saturated rings. The van der Waals surface area contributed by atoms with E-state index in [1.807, 2.05) is 20.8 Å². The summed E-state index contributed by atoms with van der Waals surface area (Å²) in [6, 6.07) is -0.627. The first-order chi connectivity index (χ1) is 7.38. The number of carbonyl (C=O) groups excluding carboxylic acids is 1. The number of carbonyl (C=O) groups is 1. The van der Waals surface area contributed by atoms with Gasteiger partial charge in [0, 0.05) is 12.4 Å². The standard InChI is InChI=1S/C11H17N3O2/c1-11(2,3)9(12)8(15)7-10(16-4)14-6-5-13-7/h5-6,9H,12H2,1-4H3. The molecule has 1 heterocycles. The predicted molar refractivity (Wildman–Crippen MR) is 60.3 cm³/mol. The van der Waals surface area contributed by atoms with Crippen molar-refractivity contribution >= 4 is 5.78 Å². The zero-order valence-corrected chi connectivity index (χ0v) is 10.0. The van der Waals surface area contributed by atoms with Crippen molar-refractivity contribution in [3.05, 3.63) is 18.1 Å². The Hall–Kier alpha value is -1.49. The number of ether oxygens (including phenoxy) is 1. The van der Waals surface area contributed by atoms with Crippen LogP contribution < -0.4 is 10.5 Å². The van der Waals surface area contributed by atoms with Gasteiger partial charge in [-0.2, -0.15) is 0 Å². The van der Waals surface area contributed by atoms with Gasteiger partial charge in [-0.1, -0.05) is 20.8 Å². The van der Waals surface area contributed by atoms with E-state index >= 15 is 0 Å². The number of Topliss-reactive ketones (excluding diaryl/α,β-unsaturated/α-hetero) is 1. The molecular weight excluding hydrogens is 206 g/mol. The second kappa shape index (κ2) is 4.57. The maximum Gasteiger partial charge on any atom is 0.243 e. The van der Waals surface area contributed by atoms with Crippen LogP contribution in [-0.4, -0.2) is 28.9 Å².